The number of halogens is 1. The van der Waals surface area contributed by atoms with Gasteiger partial charge in [-0.25, -0.2) is 14.4 Å². The quantitative estimate of drug-likeness (QED) is 0.697. The molecular weight excluding hydrogens is 345 g/mol. The van der Waals surface area contributed by atoms with Gasteiger partial charge < -0.3 is 10.2 Å². The zero-order valence-electron chi connectivity index (χ0n) is 15.0. The van der Waals surface area contributed by atoms with E-state index < -0.39 is 0 Å². The van der Waals surface area contributed by atoms with Crippen molar-refractivity contribution < 1.29 is 9.18 Å². The third-order valence-corrected chi connectivity index (χ3v) is 4.13. The lowest BCUT2D eigenvalue weighted by molar-refractivity contribution is 0.0796. The van der Waals surface area contributed by atoms with Crippen molar-refractivity contribution >= 4 is 11.9 Å². The van der Waals surface area contributed by atoms with E-state index in [0.29, 0.717) is 23.6 Å². The SMILES string of the molecule is CN(CCc1ccncc1)C(=O)c1cnc(NCc2ccccc2F)nc1. The van der Waals surface area contributed by atoms with Crippen LogP contribution in [0.15, 0.2) is 61.2 Å². The van der Waals surface area contributed by atoms with Gasteiger partial charge in [0.15, 0.2) is 0 Å². The Morgan fingerprint density at radius 3 is 2.52 bits per heavy atom. The first-order chi connectivity index (χ1) is 13.1. The number of rotatable bonds is 7. The molecule has 1 N–H and O–H groups in total. The van der Waals surface area contributed by atoms with Crippen molar-refractivity contribution in [2.75, 3.05) is 18.9 Å². The smallest absolute Gasteiger partial charge is 0.256 e. The van der Waals surface area contributed by atoms with E-state index in [0.717, 1.165) is 12.0 Å². The molecule has 1 aromatic carbocycles. The second-order valence-electron chi connectivity index (χ2n) is 6.07. The molecule has 0 saturated carbocycles. The van der Waals surface area contributed by atoms with E-state index in [1.165, 1.54) is 18.5 Å². The molecule has 3 aromatic rings. The van der Waals surface area contributed by atoms with Crippen molar-refractivity contribution in [1.82, 2.24) is 19.9 Å². The first-order valence-electron chi connectivity index (χ1n) is 8.57. The van der Waals surface area contributed by atoms with Gasteiger partial charge in [-0.05, 0) is 30.2 Å². The standard InChI is InChI=1S/C20H20FN5O/c1-26(11-8-15-6-9-22-10-7-15)19(27)17-13-24-20(25-14-17)23-12-16-4-2-3-5-18(16)21/h2-7,9-10,13-14H,8,11-12H2,1H3,(H,23,24,25). The van der Waals surface area contributed by atoms with Crippen molar-refractivity contribution in [3.63, 3.8) is 0 Å². The van der Waals surface area contributed by atoms with Crippen LogP contribution in [-0.4, -0.2) is 39.4 Å². The first kappa shape index (κ1) is 18.4. The van der Waals surface area contributed by atoms with Crippen molar-refractivity contribution in [3.8, 4) is 0 Å². The number of hydrogen-bond acceptors (Lipinski definition) is 5. The van der Waals surface area contributed by atoms with Gasteiger partial charge in [0, 0.05) is 50.5 Å². The van der Waals surface area contributed by atoms with Crippen LogP contribution in [0.5, 0.6) is 0 Å². The minimum absolute atomic E-state index is 0.148. The fourth-order valence-electron chi connectivity index (χ4n) is 2.51. The molecular formula is C20H20FN5O. The molecule has 7 heteroatoms. The summed E-state index contributed by atoms with van der Waals surface area (Å²) in [6, 6.07) is 10.4. The maximum atomic E-state index is 13.6. The summed E-state index contributed by atoms with van der Waals surface area (Å²) >= 11 is 0. The van der Waals surface area contributed by atoms with Crippen LogP contribution < -0.4 is 5.32 Å². The minimum Gasteiger partial charge on any atom is -0.350 e. The molecule has 27 heavy (non-hydrogen) atoms. The Balaban J connectivity index is 1.54. The number of likely N-dealkylation sites (N-methyl/N-ethyl adjacent to an activating group) is 1. The van der Waals surface area contributed by atoms with Gasteiger partial charge in [0.25, 0.3) is 5.91 Å². The highest BCUT2D eigenvalue weighted by molar-refractivity contribution is 5.93. The topological polar surface area (TPSA) is 71.0 Å². The normalized spacial score (nSPS) is 10.4. The Bertz CT molecular complexity index is 886. The van der Waals surface area contributed by atoms with Gasteiger partial charge in [-0.3, -0.25) is 9.78 Å². The number of benzene rings is 1. The van der Waals surface area contributed by atoms with Gasteiger partial charge in [-0.15, -0.1) is 0 Å². The van der Waals surface area contributed by atoms with Gasteiger partial charge in [-0.1, -0.05) is 18.2 Å². The number of nitrogens with one attached hydrogen (secondary N) is 1. The number of carbonyl (C=O) groups is 1. The van der Waals surface area contributed by atoms with E-state index in [9.17, 15) is 9.18 Å². The van der Waals surface area contributed by atoms with Crippen LogP contribution in [0.1, 0.15) is 21.5 Å². The van der Waals surface area contributed by atoms with Crippen molar-refractivity contribution in [2.24, 2.45) is 0 Å². The summed E-state index contributed by atoms with van der Waals surface area (Å²) in [6.45, 7) is 0.849. The Morgan fingerprint density at radius 1 is 1.11 bits per heavy atom. The largest absolute Gasteiger partial charge is 0.350 e. The second kappa shape index (κ2) is 8.84. The predicted octanol–water partition coefficient (Wildman–Crippen LogP) is 2.94. The number of aromatic nitrogens is 3. The molecule has 0 aliphatic rings. The first-order valence-corrected chi connectivity index (χ1v) is 8.57. The monoisotopic (exact) mass is 365 g/mol. The molecule has 0 radical (unpaired) electrons. The van der Waals surface area contributed by atoms with E-state index in [-0.39, 0.29) is 18.3 Å². The molecule has 0 spiro atoms. The van der Waals surface area contributed by atoms with Crippen LogP contribution in [0.25, 0.3) is 0 Å². The van der Waals surface area contributed by atoms with Crippen molar-refractivity contribution in [1.29, 1.82) is 0 Å². The molecule has 2 aromatic heterocycles. The third kappa shape index (κ3) is 5.07. The molecule has 3 rings (SSSR count). The molecule has 0 fully saturated rings. The average Bonchev–Trinajstić information content (AvgIpc) is 2.72. The maximum Gasteiger partial charge on any atom is 0.256 e. The third-order valence-electron chi connectivity index (χ3n) is 4.13. The van der Waals surface area contributed by atoms with E-state index in [1.807, 2.05) is 12.1 Å². The van der Waals surface area contributed by atoms with Crippen LogP contribution in [-0.2, 0) is 13.0 Å². The highest BCUT2D eigenvalue weighted by Gasteiger charge is 2.13. The van der Waals surface area contributed by atoms with E-state index in [2.05, 4.69) is 20.3 Å². The van der Waals surface area contributed by atoms with Crippen LogP contribution in [0.4, 0.5) is 10.3 Å². The molecule has 0 aliphatic carbocycles. The fourth-order valence-corrected chi connectivity index (χ4v) is 2.51. The molecule has 1 amide bonds. The summed E-state index contributed by atoms with van der Waals surface area (Å²) in [4.78, 5) is 26.4. The molecule has 0 bridgehead atoms. The lowest BCUT2D eigenvalue weighted by Gasteiger charge is -2.17. The summed E-state index contributed by atoms with van der Waals surface area (Å²) in [5, 5.41) is 2.95. The summed E-state index contributed by atoms with van der Waals surface area (Å²) in [7, 11) is 1.74. The lowest BCUT2D eigenvalue weighted by Crippen LogP contribution is -2.29. The van der Waals surface area contributed by atoms with Gasteiger partial charge in [0.05, 0.1) is 5.56 Å². The number of anilines is 1. The number of pyridine rings is 1. The van der Waals surface area contributed by atoms with Crippen LogP contribution in [0.3, 0.4) is 0 Å². The van der Waals surface area contributed by atoms with Gasteiger partial charge in [-0.2, -0.15) is 0 Å². The van der Waals surface area contributed by atoms with Crippen LogP contribution in [0.2, 0.25) is 0 Å². The van der Waals surface area contributed by atoms with Crippen LogP contribution in [0, 0.1) is 5.82 Å². The number of nitrogens with zero attached hydrogens (tertiary/aromatic N) is 4. The molecule has 0 aliphatic heterocycles. The Morgan fingerprint density at radius 2 is 1.81 bits per heavy atom. The van der Waals surface area contributed by atoms with E-state index in [4.69, 9.17) is 0 Å². The lowest BCUT2D eigenvalue weighted by atomic mass is 10.2. The molecule has 0 unspecified atom stereocenters. The maximum absolute atomic E-state index is 13.6. The van der Waals surface area contributed by atoms with E-state index >= 15 is 0 Å². The van der Waals surface area contributed by atoms with Gasteiger partial charge in [0.1, 0.15) is 5.82 Å². The molecule has 6 nitrogen and oxygen atoms in total. The molecule has 0 atom stereocenters. The Hall–Kier alpha value is -3.35. The summed E-state index contributed by atoms with van der Waals surface area (Å²) in [5.41, 5.74) is 2.05. The molecule has 138 valence electrons. The predicted molar refractivity (Wildman–Crippen MR) is 101 cm³/mol. The summed E-state index contributed by atoms with van der Waals surface area (Å²) in [5.74, 6) is -0.0911. The van der Waals surface area contributed by atoms with E-state index in [1.54, 1.807) is 42.5 Å². The Kier molecular flexibility index (Phi) is 6.04. The number of amides is 1. The summed E-state index contributed by atoms with van der Waals surface area (Å²) < 4.78 is 13.6. The van der Waals surface area contributed by atoms with Gasteiger partial charge >= 0.3 is 0 Å². The highest BCUT2D eigenvalue weighted by atomic mass is 19.1. The van der Waals surface area contributed by atoms with Crippen LogP contribution >= 0.6 is 0 Å². The average molecular weight is 365 g/mol. The van der Waals surface area contributed by atoms with Crippen molar-refractivity contribution in [3.05, 3.63) is 83.7 Å². The summed E-state index contributed by atoms with van der Waals surface area (Å²) in [6.07, 6.45) is 7.16. The number of carbonyl (C=O) groups excluding carboxylic acids is 1. The fraction of sp³-hybridized carbons (Fsp3) is 0.200. The zero-order valence-corrected chi connectivity index (χ0v) is 15.0. The second-order valence-corrected chi connectivity index (χ2v) is 6.07. The molecule has 2 heterocycles. The molecule has 0 saturated heterocycles. The van der Waals surface area contributed by atoms with Gasteiger partial charge in [0.2, 0.25) is 5.95 Å². The highest BCUT2D eigenvalue weighted by Crippen LogP contribution is 2.09. The number of hydrogen-bond donors (Lipinski definition) is 1. The van der Waals surface area contributed by atoms with Crippen molar-refractivity contribution in [2.45, 2.75) is 13.0 Å². The minimum atomic E-state index is -0.285. The Labute approximate surface area is 157 Å². The zero-order chi connectivity index (χ0) is 19.1.